The largest absolute Gasteiger partial charge is 0.394 e. The Hall–Kier alpha value is -3.61. The second kappa shape index (κ2) is 57.3. The molecule has 9 N–H and O–H groups in total. The summed E-state index contributed by atoms with van der Waals surface area (Å²) in [6, 6.07) is -0.921. The van der Waals surface area contributed by atoms with Crippen molar-refractivity contribution < 1.29 is 64.6 Å². The molecule has 0 aromatic heterocycles. The Morgan fingerprint density at radius 2 is 0.784 bits per heavy atom. The molecule has 0 radical (unpaired) electrons. The highest BCUT2D eigenvalue weighted by atomic mass is 16.7. The number of hydrogen-bond donors (Lipinski definition) is 9. The lowest BCUT2D eigenvalue weighted by atomic mass is 9.97. The van der Waals surface area contributed by atoms with Crippen molar-refractivity contribution >= 4 is 5.91 Å². The number of hydrogen-bond acceptors (Lipinski definition) is 13. The molecule has 14 nitrogen and oxygen atoms in total. The number of rotatable bonds is 55. The lowest BCUT2D eigenvalue weighted by molar-refractivity contribution is -0.359. The standard InChI is InChI=1S/C74H125NO13/c1-3-5-7-9-11-13-15-17-18-19-20-21-22-23-24-25-26-27-28-29-30-31-32-33-34-35-36-37-38-39-40-41-42-43-44-46-48-50-52-54-56-58-66(79)75-62(63(78)57-55-53-51-49-47-45-16-14-12-10-8-6-4-2)61-85-73-71(84)69(82)72(65(60-77)87-73)88-74-70(83)68(81)67(80)64(59-76)86-74/h5,7,11,13,17-18,20-21,23-24,26-27,29-30,32-33,35-36,55,57,62-65,67-74,76-78,80-84H,3-4,6,8-10,12,14-16,19,22,25,28,31,34,37-54,56,58-61H2,1-2H3,(H,75,79)/b7-5-,13-11-,18-17-,21-20-,24-23-,27-26-,30-29-,33-32-,36-35-,57-55+. The number of unbranched alkanes of at least 4 members (excludes halogenated alkanes) is 24. The summed E-state index contributed by atoms with van der Waals surface area (Å²) in [5, 5.41) is 87.2. The summed E-state index contributed by atoms with van der Waals surface area (Å²) in [7, 11) is 0. The Balaban J connectivity index is 1.59. The molecule has 2 aliphatic heterocycles. The van der Waals surface area contributed by atoms with Crippen LogP contribution in [0.2, 0.25) is 0 Å². The fraction of sp³-hybridized carbons (Fsp3) is 0.716. The number of amides is 1. The van der Waals surface area contributed by atoms with E-state index in [1.165, 1.54) is 116 Å². The number of allylic oxidation sites excluding steroid dienone is 19. The second-order valence-corrected chi connectivity index (χ2v) is 23.9. The maximum atomic E-state index is 13.3. The molecule has 2 rings (SSSR count). The van der Waals surface area contributed by atoms with Gasteiger partial charge in [-0.2, -0.15) is 0 Å². The SMILES string of the molecule is CC/C=C\C/C=C\C/C=C\C/C=C\C/C=C\C/C=C\C/C=C\C/C=C\C/C=C\CCCCCCCCCCCCCCCC(=O)NC(COC1OC(CO)C(OC2OC(CO)C(O)C(O)C2O)C(O)C1O)C(O)/C=C/CCCCCCCCCCCCC. The summed E-state index contributed by atoms with van der Waals surface area (Å²) < 4.78 is 22.8. The van der Waals surface area contributed by atoms with E-state index in [-0.39, 0.29) is 18.9 Å². The monoisotopic (exact) mass is 1240 g/mol. The van der Waals surface area contributed by atoms with Gasteiger partial charge in [0.2, 0.25) is 5.91 Å². The van der Waals surface area contributed by atoms with Crippen LogP contribution in [0.25, 0.3) is 0 Å². The van der Waals surface area contributed by atoms with E-state index < -0.39 is 86.8 Å². The molecule has 0 bridgehead atoms. The second-order valence-electron chi connectivity index (χ2n) is 23.9. The molecule has 2 fully saturated rings. The minimum absolute atomic E-state index is 0.245. The van der Waals surface area contributed by atoms with Gasteiger partial charge in [0.25, 0.3) is 0 Å². The minimum Gasteiger partial charge on any atom is -0.394 e. The Kier molecular flexibility index (Phi) is 52.4. The molecule has 0 aromatic carbocycles. The van der Waals surface area contributed by atoms with Crippen LogP contribution in [0.3, 0.4) is 0 Å². The average molecular weight is 1240 g/mol. The zero-order valence-corrected chi connectivity index (χ0v) is 54.7. The van der Waals surface area contributed by atoms with Crippen molar-refractivity contribution in [2.45, 2.75) is 319 Å². The van der Waals surface area contributed by atoms with Crippen LogP contribution in [0.5, 0.6) is 0 Å². The van der Waals surface area contributed by atoms with Crippen LogP contribution in [-0.2, 0) is 23.7 Å². The minimum atomic E-state index is -1.79. The Bertz CT molecular complexity index is 1940. The topological polar surface area (TPSA) is 228 Å². The molecule has 1 amide bonds. The zero-order chi connectivity index (χ0) is 63.8. The van der Waals surface area contributed by atoms with E-state index in [9.17, 15) is 45.6 Å². The summed E-state index contributed by atoms with van der Waals surface area (Å²) in [6.07, 6.45) is 66.9. The summed E-state index contributed by atoms with van der Waals surface area (Å²) in [6.45, 7) is 2.67. The molecule has 2 aliphatic rings. The molecule has 2 heterocycles. The highest BCUT2D eigenvalue weighted by Gasteiger charge is 2.51. The van der Waals surface area contributed by atoms with E-state index in [2.05, 4.69) is 129 Å². The molecule has 0 saturated carbocycles. The summed E-state index contributed by atoms with van der Waals surface area (Å²) in [5.41, 5.74) is 0. The van der Waals surface area contributed by atoms with Crippen LogP contribution in [0.15, 0.2) is 122 Å². The van der Waals surface area contributed by atoms with E-state index in [1.54, 1.807) is 6.08 Å². The summed E-state index contributed by atoms with van der Waals surface area (Å²) >= 11 is 0. The highest BCUT2D eigenvalue weighted by molar-refractivity contribution is 5.76. The van der Waals surface area contributed by atoms with E-state index >= 15 is 0 Å². The molecular formula is C74H125NO13. The predicted molar refractivity (Wildman–Crippen MR) is 359 cm³/mol. The molecule has 0 aliphatic carbocycles. The Morgan fingerprint density at radius 3 is 1.20 bits per heavy atom. The molecule has 88 heavy (non-hydrogen) atoms. The van der Waals surface area contributed by atoms with Crippen LogP contribution >= 0.6 is 0 Å². The number of aliphatic hydroxyl groups is 8. The van der Waals surface area contributed by atoms with Crippen molar-refractivity contribution in [1.29, 1.82) is 0 Å². The third kappa shape index (κ3) is 41.0. The van der Waals surface area contributed by atoms with E-state index in [0.717, 1.165) is 103 Å². The molecule has 12 unspecified atom stereocenters. The smallest absolute Gasteiger partial charge is 0.220 e. The molecule has 12 atom stereocenters. The van der Waals surface area contributed by atoms with Gasteiger partial charge >= 0.3 is 0 Å². The maximum absolute atomic E-state index is 13.3. The third-order valence-electron chi connectivity index (χ3n) is 16.2. The van der Waals surface area contributed by atoms with Gasteiger partial charge in [0.1, 0.15) is 48.8 Å². The first kappa shape index (κ1) is 80.5. The van der Waals surface area contributed by atoms with Crippen LogP contribution in [0.1, 0.15) is 245 Å². The van der Waals surface area contributed by atoms with Gasteiger partial charge in [-0.05, 0) is 89.9 Å². The summed E-state index contributed by atoms with van der Waals surface area (Å²) in [5.74, 6) is -0.245. The Labute approximate surface area is 533 Å². The highest BCUT2D eigenvalue weighted by Crippen LogP contribution is 2.30. The van der Waals surface area contributed by atoms with Crippen molar-refractivity contribution in [2.75, 3.05) is 19.8 Å². The third-order valence-corrected chi connectivity index (χ3v) is 16.2. The lowest BCUT2D eigenvalue weighted by Gasteiger charge is -2.46. The van der Waals surface area contributed by atoms with Crippen LogP contribution in [-0.4, -0.2) is 140 Å². The van der Waals surface area contributed by atoms with Crippen molar-refractivity contribution in [3.05, 3.63) is 122 Å². The van der Waals surface area contributed by atoms with Crippen LogP contribution in [0, 0.1) is 0 Å². The fourth-order valence-corrected chi connectivity index (χ4v) is 10.6. The van der Waals surface area contributed by atoms with E-state index in [1.807, 2.05) is 6.08 Å². The van der Waals surface area contributed by atoms with Crippen molar-refractivity contribution in [3.63, 3.8) is 0 Å². The van der Waals surface area contributed by atoms with Crippen molar-refractivity contribution in [3.8, 4) is 0 Å². The molecule has 0 aromatic rings. The average Bonchev–Trinajstić information content (AvgIpc) is 2.45. The number of aliphatic hydroxyl groups excluding tert-OH is 8. The number of ether oxygens (including phenoxy) is 4. The van der Waals surface area contributed by atoms with Gasteiger partial charge in [-0.3, -0.25) is 4.79 Å². The van der Waals surface area contributed by atoms with Gasteiger partial charge < -0.3 is 65.1 Å². The van der Waals surface area contributed by atoms with Gasteiger partial charge in [-0.25, -0.2) is 0 Å². The van der Waals surface area contributed by atoms with Gasteiger partial charge in [-0.1, -0.05) is 270 Å². The normalized spacial score (nSPS) is 23.9. The van der Waals surface area contributed by atoms with Gasteiger partial charge in [0, 0.05) is 6.42 Å². The predicted octanol–water partition coefficient (Wildman–Crippen LogP) is 14.1. The van der Waals surface area contributed by atoms with Gasteiger partial charge in [0.15, 0.2) is 12.6 Å². The Morgan fingerprint density at radius 1 is 0.420 bits per heavy atom. The van der Waals surface area contributed by atoms with Crippen molar-refractivity contribution in [1.82, 2.24) is 5.32 Å². The first-order valence-corrected chi connectivity index (χ1v) is 34.8. The van der Waals surface area contributed by atoms with E-state index in [4.69, 9.17) is 18.9 Å². The molecule has 2 saturated heterocycles. The molecule has 0 spiro atoms. The zero-order valence-electron chi connectivity index (χ0n) is 54.7. The van der Waals surface area contributed by atoms with Crippen molar-refractivity contribution in [2.24, 2.45) is 0 Å². The van der Waals surface area contributed by atoms with E-state index in [0.29, 0.717) is 6.42 Å². The lowest BCUT2D eigenvalue weighted by Crippen LogP contribution is -2.65. The number of carbonyl (C=O) groups excluding carboxylic acids is 1. The fourth-order valence-electron chi connectivity index (χ4n) is 10.6. The molecule has 504 valence electrons. The molecule has 14 heteroatoms. The van der Waals surface area contributed by atoms with Crippen LogP contribution in [0.4, 0.5) is 0 Å². The summed E-state index contributed by atoms with van der Waals surface area (Å²) in [4.78, 5) is 13.3. The first-order valence-electron chi connectivity index (χ1n) is 34.8. The molecular weight excluding hydrogens is 1110 g/mol. The maximum Gasteiger partial charge on any atom is 0.220 e. The number of carbonyl (C=O) groups is 1. The first-order chi connectivity index (χ1) is 43.1. The van der Waals surface area contributed by atoms with Gasteiger partial charge in [-0.15, -0.1) is 0 Å². The quantitative estimate of drug-likeness (QED) is 0.0204. The van der Waals surface area contributed by atoms with Gasteiger partial charge in [0.05, 0.1) is 32.0 Å². The number of nitrogens with one attached hydrogen (secondary N) is 1. The van der Waals surface area contributed by atoms with Crippen LogP contribution < -0.4 is 5.32 Å².